The number of hydrazine groups is 1. The number of likely N-dealkylation sites (N-methyl/N-ethyl adjacent to an activating group) is 1. The van der Waals surface area contributed by atoms with Gasteiger partial charge >= 0.3 is 12.1 Å². The van der Waals surface area contributed by atoms with Gasteiger partial charge < -0.3 is 38.5 Å². The summed E-state index contributed by atoms with van der Waals surface area (Å²) >= 11 is 0. The quantitative estimate of drug-likeness (QED) is 0.109. The van der Waals surface area contributed by atoms with Gasteiger partial charge in [-0.3, -0.25) is 4.90 Å². The van der Waals surface area contributed by atoms with E-state index in [0.29, 0.717) is 57.9 Å². The van der Waals surface area contributed by atoms with Gasteiger partial charge in [0.05, 0.1) is 50.3 Å². The molecule has 2 aliphatic rings. The van der Waals surface area contributed by atoms with Crippen LogP contribution in [0.1, 0.15) is 62.2 Å². The third kappa shape index (κ3) is 9.27. The number of aliphatic hydroxyl groups excluding tert-OH is 1. The number of nitrogens with zero attached hydrogens (tertiary/aromatic N) is 4. The van der Waals surface area contributed by atoms with Crippen molar-refractivity contribution in [1.82, 2.24) is 24.8 Å². The standard InChI is InChI=1S/C43H57N5O7/c1-7-53-41(50)40-33(19-12-25-54-37-20-10-15-30-14-8-9-16-31(30)37)32-17-11-18-34(39(32)48(40)22-13-21-45(5)42(51)55-43(2,3)4)38-35(44-46(6)36(38)29-49)28-47-23-26-52-27-24-47/h8-11,14-18,20,35,44,49H,7,12-13,19,21-29H2,1-6H3. The van der Waals surface area contributed by atoms with E-state index in [1.54, 1.807) is 11.9 Å². The number of hydrogen-bond donors (Lipinski definition) is 2. The minimum absolute atomic E-state index is 0.110. The number of aryl methyl sites for hydroxylation is 2. The normalized spacial score (nSPS) is 16.6. The van der Waals surface area contributed by atoms with Crippen molar-refractivity contribution in [2.24, 2.45) is 0 Å². The molecule has 0 bridgehead atoms. The second-order valence-electron chi connectivity index (χ2n) is 15.3. The van der Waals surface area contributed by atoms with Crippen LogP contribution in [0.5, 0.6) is 5.75 Å². The Balaban J connectivity index is 1.40. The van der Waals surface area contributed by atoms with Crippen LogP contribution < -0.4 is 10.2 Å². The summed E-state index contributed by atoms with van der Waals surface area (Å²) in [5.74, 6) is 0.438. The van der Waals surface area contributed by atoms with Crippen molar-refractivity contribution in [3.8, 4) is 5.75 Å². The molecule has 1 fully saturated rings. The van der Waals surface area contributed by atoms with Gasteiger partial charge in [-0.1, -0.05) is 54.6 Å². The number of rotatable bonds is 15. The molecule has 6 rings (SSSR count). The number of benzene rings is 3. The van der Waals surface area contributed by atoms with Gasteiger partial charge in [-0.2, -0.15) is 0 Å². The number of amides is 1. The Bertz CT molecular complexity index is 1990. The third-order valence-corrected chi connectivity index (χ3v) is 10.2. The molecule has 0 aliphatic carbocycles. The van der Waals surface area contributed by atoms with Crippen molar-refractivity contribution >= 4 is 39.3 Å². The molecule has 55 heavy (non-hydrogen) atoms. The lowest BCUT2D eigenvalue weighted by molar-refractivity contribution is 0.0294. The maximum absolute atomic E-state index is 14.1. The third-order valence-electron chi connectivity index (χ3n) is 10.2. The molecule has 3 heterocycles. The number of carbonyl (C=O) groups excluding carboxylic acids is 2. The zero-order chi connectivity index (χ0) is 39.1. The Labute approximate surface area is 324 Å². The number of ether oxygens (including phenoxy) is 4. The van der Waals surface area contributed by atoms with E-state index in [1.807, 2.05) is 70.1 Å². The molecule has 12 heteroatoms. The molecule has 296 valence electrons. The van der Waals surface area contributed by atoms with Crippen molar-refractivity contribution in [3.63, 3.8) is 0 Å². The van der Waals surface area contributed by atoms with Crippen molar-refractivity contribution in [3.05, 3.63) is 83.2 Å². The highest BCUT2D eigenvalue weighted by Gasteiger charge is 2.35. The molecule has 1 atom stereocenters. The molecule has 4 aromatic rings. The summed E-state index contributed by atoms with van der Waals surface area (Å²) in [5.41, 5.74) is 8.01. The van der Waals surface area contributed by atoms with Crippen LogP contribution in [0.15, 0.2) is 66.4 Å². The fourth-order valence-corrected chi connectivity index (χ4v) is 7.72. The van der Waals surface area contributed by atoms with Gasteiger partial charge in [0.25, 0.3) is 0 Å². The zero-order valence-corrected chi connectivity index (χ0v) is 33.2. The number of nitrogens with one attached hydrogen (secondary N) is 1. The summed E-state index contributed by atoms with van der Waals surface area (Å²) in [5, 5.41) is 15.8. The van der Waals surface area contributed by atoms with E-state index in [4.69, 9.17) is 18.9 Å². The van der Waals surface area contributed by atoms with E-state index in [0.717, 1.165) is 69.5 Å². The van der Waals surface area contributed by atoms with E-state index >= 15 is 0 Å². The molecule has 0 saturated carbocycles. The first kappa shape index (κ1) is 40.1. The number of carbonyl (C=O) groups is 2. The Hall–Kier alpha value is -4.62. The van der Waals surface area contributed by atoms with Gasteiger partial charge in [-0.25, -0.2) is 15.0 Å². The molecule has 0 radical (unpaired) electrons. The van der Waals surface area contributed by atoms with Crippen LogP contribution in [-0.4, -0.2) is 121 Å². The largest absolute Gasteiger partial charge is 0.493 e. The summed E-state index contributed by atoms with van der Waals surface area (Å²) in [6.45, 7) is 12.5. The number of esters is 1. The zero-order valence-electron chi connectivity index (χ0n) is 33.2. The highest BCUT2D eigenvalue weighted by molar-refractivity contribution is 6.03. The first-order valence-electron chi connectivity index (χ1n) is 19.5. The molecule has 1 unspecified atom stereocenters. The van der Waals surface area contributed by atoms with Crippen molar-refractivity contribution in [2.45, 2.75) is 65.1 Å². The lowest BCUT2D eigenvalue weighted by atomic mass is 9.94. The Morgan fingerprint density at radius 2 is 1.73 bits per heavy atom. The number of para-hydroxylation sites is 1. The van der Waals surface area contributed by atoms with Crippen molar-refractivity contribution < 1.29 is 33.6 Å². The smallest absolute Gasteiger partial charge is 0.410 e. The van der Waals surface area contributed by atoms with Gasteiger partial charge in [0.15, 0.2) is 0 Å². The van der Waals surface area contributed by atoms with Gasteiger partial charge in [-0.05, 0) is 64.0 Å². The van der Waals surface area contributed by atoms with E-state index < -0.39 is 17.7 Å². The first-order chi connectivity index (χ1) is 26.5. The molecule has 2 N–H and O–H groups in total. The van der Waals surface area contributed by atoms with Gasteiger partial charge in [0, 0.05) is 68.7 Å². The topological polar surface area (TPSA) is 118 Å². The molecule has 3 aromatic carbocycles. The molecule has 1 saturated heterocycles. The second-order valence-corrected chi connectivity index (χ2v) is 15.3. The number of morpholine rings is 1. The summed E-state index contributed by atoms with van der Waals surface area (Å²) in [6.07, 6.45) is 1.40. The molecule has 12 nitrogen and oxygen atoms in total. The Morgan fingerprint density at radius 3 is 2.47 bits per heavy atom. The predicted octanol–water partition coefficient (Wildman–Crippen LogP) is 6.09. The molecular weight excluding hydrogens is 699 g/mol. The van der Waals surface area contributed by atoms with Crippen LogP contribution in [0.3, 0.4) is 0 Å². The van der Waals surface area contributed by atoms with Crippen LogP contribution in [0.4, 0.5) is 4.79 Å². The highest BCUT2D eigenvalue weighted by Crippen LogP contribution is 2.39. The van der Waals surface area contributed by atoms with Crippen LogP contribution in [0.2, 0.25) is 0 Å². The second kappa shape index (κ2) is 17.9. The van der Waals surface area contributed by atoms with Crippen LogP contribution in [-0.2, 0) is 27.2 Å². The SMILES string of the molecule is CCOC(=O)c1c(CCCOc2cccc3ccccc23)c2cccc(C3=C(CO)N(C)NC3CN3CCOCC3)c2n1CCCN(C)C(=O)OC(C)(C)C. The average molecular weight is 756 g/mol. The highest BCUT2D eigenvalue weighted by atomic mass is 16.6. The van der Waals surface area contributed by atoms with Crippen LogP contribution >= 0.6 is 0 Å². The number of aromatic nitrogens is 1. The lowest BCUT2D eigenvalue weighted by Gasteiger charge is -2.30. The molecule has 1 aromatic heterocycles. The first-order valence-corrected chi connectivity index (χ1v) is 19.5. The minimum atomic E-state index is -0.613. The summed E-state index contributed by atoms with van der Waals surface area (Å²) in [4.78, 5) is 30.9. The molecule has 1 amide bonds. The Kier molecular flexibility index (Phi) is 13.0. The number of fused-ring (bicyclic) bond motifs is 2. The Morgan fingerprint density at radius 1 is 1.00 bits per heavy atom. The molecule has 0 spiro atoms. The number of aliphatic hydroxyl groups is 1. The predicted molar refractivity (Wildman–Crippen MR) is 215 cm³/mol. The van der Waals surface area contributed by atoms with Crippen molar-refractivity contribution in [2.75, 3.05) is 73.3 Å². The van der Waals surface area contributed by atoms with Gasteiger partial charge in [0.1, 0.15) is 17.0 Å². The van der Waals surface area contributed by atoms with Gasteiger partial charge in [0.2, 0.25) is 0 Å². The fraction of sp³-hybridized carbons (Fsp3) is 0.488. The number of hydrogen-bond acceptors (Lipinski definition) is 10. The van der Waals surface area contributed by atoms with Crippen molar-refractivity contribution in [1.29, 1.82) is 0 Å². The van der Waals surface area contributed by atoms with E-state index in [1.165, 1.54) is 0 Å². The molecule has 2 aliphatic heterocycles. The summed E-state index contributed by atoms with van der Waals surface area (Å²) in [7, 11) is 3.66. The summed E-state index contributed by atoms with van der Waals surface area (Å²) < 4.78 is 25.4. The fourth-order valence-electron chi connectivity index (χ4n) is 7.72. The monoisotopic (exact) mass is 755 g/mol. The van der Waals surface area contributed by atoms with Crippen LogP contribution in [0, 0.1) is 0 Å². The average Bonchev–Trinajstić information content (AvgIpc) is 3.65. The summed E-state index contributed by atoms with van der Waals surface area (Å²) in [6, 6.07) is 20.3. The molecular formula is C43H57N5O7. The van der Waals surface area contributed by atoms with E-state index in [-0.39, 0.29) is 19.3 Å². The lowest BCUT2D eigenvalue weighted by Crippen LogP contribution is -2.46. The maximum Gasteiger partial charge on any atom is 0.410 e. The van der Waals surface area contributed by atoms with Gasteiger partial charge in [-0.15, -0.1) is 0 Å². The maximum atomic E-state index is 14.1. The van der Waals surface area contributed by atoms with E-state index in [9.17, 15) is 14.7 Å². The van der Waals surface area contributed by atoms with E-state index in [2.05, 4.69) is 45.2 Å². The minimum Gasteiger partial charge on any atom is -0.493 e. The van der Waals surface area contributed by atoms with Crippen LogP contribution in [0.25, 0.3) is 27.2 Å².